The molecule has 1 fully saturated rings. The smallest absolute Gasteiger partial charge is 0.410 e. The van der Waals surface area contributed by atoms with E-state index in [0.29, 0.717) is 18.9 Å². The molecule has 0 saturated carbocycles. The van der Waals surface area contributed by atoms with Crippen molar-refractivity contribution >= 4 is 22.9 Å². The number of aryl methyl sites for hydroxylation is 1. The summed E-state index contributed by atoms with van der Waals surface area (Å²) in [5, 5.41) is 0.837. The molecule has 1 aliphatic heterocycles. The summed E-state index contributed by atoms with van der Waals surface area (Å²) in [4.78, 5) is 24.1. The van der Waals surface area contributed by atoms with Crippen molar-refractivity contribution in [3.63, 3.8) is 0 Å². The van der Waals surface area contributed by atoms with Gasteiger partial charge in [-0.15, -0.1) is 0 Å². The van der Waals surface area contributed by atoms with Gasteiger partial charge >= 0.3 is 6.09 Å². The van der Waals surface area contributed by atoms with Crippen LogP contribution in [0.2, 0.25) is 0 Å². The average molecular weight is 504 g/mol. The first-order chi connectivity index (χ1) is 17.6. The van der Waals surface area contributed by atoms with Gasteiger partial charge in [0.15, 0.2) is 0 Å². The molecule has 1 aliphatic carbocycles. The summed E-state index contributed by atoms with van der Waals surface area (Å²) in [6, 6.07) is 8.04. The second-order valence-corrected chi connectivity index (χ2v) is 11.3. The van der Waals surface area contributed by atoms with Gasteiger partial charge in [0.2, 0.25) is 0 Å². The van der Waals surface area contributed by atoms with E-state index in [-0.39, 0.29) is 17.4 Å². The van der Waals surface area contributed by atoms with Gasteiger partial charge in [-0.05, 0) is 69.6 Å². The van der Waals surface area contributed by atoms with Crippen molar-refractivity contribution in [3.8, 4) is 16.9 Å². The van der Waals surface area contributed by atoms with Crippen LogP contribution in [0.5, 0.6) is 5.75 Å². The predicted octanol–water partition coefficient (Wildman–Crippen LogP) is 5.68. The normalized spacial score (nSPS) is 22.0. The lowest BCUT2D eigenvalue weighted by Crippen LogP contribution is -2.50. The van der Waals surface area contributed by atoms with Gasteiger partial charge in [-0.3, -0.25) is 0 Å². The number of amides is 1. The molecule has 2 atom stereocenters. The van der Waals surface area contributed by atoms with Gasteiger partial charge in [-0.2, -0.15) is 0 Å². The molecular weight excluding hydrogens is 466 g/mol. The second kappa shape index (κ2) is 9.39. The lowest BCUT2D eigenvalue weighted by molar-refractivity contribution is 0.00134. The lowest BCUT2D eigenvalue weighted by atomic mass is 9.62. The Morgan fingerprint density at radius 1 is 1.19 bits per heavy atom. The van der Waals surface area contributed by atoms with Crippen molar-refractivity contribution in [2.75, 3.05) is 25.9 Å². The van der Waals surface area contributed by atoms with Crippen LogP contribution in [-0.2, 0) is 11.8 Å². The Bertz CT molecular complexity index is 1360. The number of hydrogen-bond acceptors (Lipinski definition) is 6. The minimum absolute atomic E-state index is 0.0191. The number of anilines is 1. The maximum absolute atomic E-state index is 13.2. The zero-order valence-corrected chi connectivity index (χ0v) is 22.5. The van der Waals surface area contributed by atoms with Crippen LogP contribution in [0, 0.1) is 5.41 Å². The summed E-state index contributed by atoms with van der Waals surface area (Å²) < 4.78 is 13.5. The number of nitrogens with zero attached hydrogens (tertiary/aromatic N) is 4. The van der Waals surface area contributed by atoms with Crippen LogP contribution in [0.15, 0.2) is 42.7 Å². The maximum atomic E-state index is 13.2. The lowest BCUT2D eigenvalue weighted by Gasteiger charge is -2.49. The van der Waals surface area contributed by atoms with Gasteiger partial charge in [-0.25, -0.2) is 14.8 Å². The third-order valence-corrected chi connectivity index (χ3v) is 7.90. The first kappa shape index (κ1) is 25.1. The molecule has 37 heavy (non-hydrogen) atoms. The van der Waals surface area contributed by atoms with Crippen LogP contribution >= 0.6 is 0 Å². The van der Waals surface area contributed by atoms with E-state index >= 15 is 0 Å². The van der Waals surface area contributed by atoms with E-state index in [2.05, 4.69) is 32.8 Å². The zero-order chi connectivity index (χ0) is 26.4. The standard InChI is InChI=1S/C29H37N5O3/c1-28(2,3)37-27(35)34-15-14-29(12-7-6-8-13-29)21(17-34)24-22(19-10-9-11-20(16-19)36-5)23-25(30)31-18-32-26(23)33(24)4/h6-7,9-11,16,18,21H,8,12-15,17H2,1-5H3,(H2,30,31,32). The Labute approximate surface area is 218 Å². The van der Waals surface area contributed by atoms with Gasteiger partial charge in [0, 0.05) is 37.3 Å². The van der Waals surface area contributed by atoms with Gasteiger partial charge in [0.1, 0.15) is 29.1 Å². The highest BCUT2D eigenvalue weighted by Gasteiger charge is 2.47. The van der Waals surface area contributed by atoms with Crippen LogP contribution in [-0.4, -0.2) is 51.3 Å². The Balaban J connectivity index is 1.72. The fraction of sp³-hybridized carbons (Fsp3) is 0.483. The predicted molar refractivity (Wildman–Crippen MR) is 145 cm³/mol. The zero-order valence-electron chi connectivity index (χ0n) is 22.5. The topological polar surface area (TPSA) is 95.5 Å². The highest BCUT2D eigenvalue weighted by atomic mass is 16.6. The largest absolute Gasteiger partial charge is 0.497 e. The van der Waals surface area contributed by atoms with Crippen LogP contribution < -0.4 is 10.5 Å². The number of nitrogen functional groups attached to an aromatic ring is 1. The molecule has 196 valence electrons. The minimum atomic E-state index is -0.551. The number of carbonyl (C=O) groups is 1. The number of benzene rings is 1. The summed E-state index contributed by atoms with van der Waals surface area (Å²) in [6.45, 7) is 6.97. The number of hydrogen-bond donors (Lipinski definition) is 1. The number of fused-ring (bicyclic) bond motifs is 1. The molecule has 1 saturated heterocycles. The Hall–Kier alpha value is -3.55. The summed E-state index contributed by atoms with van der Waals surface area (Å²) in [5.41, 5.74) is 9.89. The van der Waals surface area contributed by atoms with Gasteiger partial charge in [0.25, 0.3) is 0 Å². The first-order valence-corrected chi connectivity index (χ1v) is 13.0. The molecule has 3 aromatic rings. The van der Waals surface area contributed by atoms with E-state index in [0.717, 1.165) is 59.3 Å². The molecule has 1 aromatic carbocycles. The fourth-order valence-corrected chi connectivity index (χ4v) is 6.13. The third-order valence-electron chi connectivity index (χ3n) is 7.90. The van der Waals surface area contributed by atoms with Crippen molar-refractivity contribution in [1.82, 2.24) is 19.4 Å². The first-order valence-electron chi connectivity index (χ1n) is 13.0. The molecule has 1 amide bonds. The van der Waals surface area contributed by atoms with Gasteiger partial charge < -0.3 is 24.7 Å². The Morgan fingerprint density at radius 3 is 2.70 bits per heavy atom. The second-order valence-electron chi connectivity index (χ2n) is 11.3. The summed E-state index contributed by atoms with van der Waals surface area (Å²) in [7, 11) is 3.72. The van der Waals surface area contributed by atoms with Crippen molar-refractivity contribution in [1.29, 1.82) is 0 Å². The van der Waals surface area contributed by atoms with E-state index in [9.17, 15) is 4.79 Å². The number of rotatable bonds is 3. The number of nitrogens with two attached hydrogens (primary N) is 1. The van der Waals surface area contributed by atoms with Gasteiger partial charge in [-0.1, -0.05) is 24.3 Å². The maximum Gasteiger partial charge on any atom is 0.410 e. The molecule has 1 spiro atoms. The number of methoxy groups -OCH3 is 1. The monoisotopic (exact) mass is 503 g/mol. The molecule has 3 heterocycles. The highest BCUT2D eigenvalue weighted by molar-refractivity contribution is 6.02. The van der Waals surface area contributed by atoms with E-state index < -0.39 is 5.60 Å². The molecule has 2 N–H and O–H groups in total. The van der Waals surface area contributed by atoms with Crippen LogP contribution in [0.25, 0.3) is 22.2 Å². The molecule has 2 unspecified atom stereocenters. The number of likely N-dealkylation sites (tertiary alicyclic amines) is 1. The highest BCUT2D eigenvalue weighted by Crippen LogP contribution is 2.54. The molecule has 8 heteroatoms. The van der Waals surface area contributed by atoms with E-state index in [1.54, 1.807) is 7.11 Å². The van der Waals surface area contributed by atoms with E-state index in [1.165, 1.54) is 6.33 Å². The SMILES string of the molecule is COc1cccc(-c2c(C3CN(C(=O)OC(C)(C)C)CCC34CC=CCC4)n(C)c3ncnc(N)c23)c1. The van der Waals surface area contributed by atoms with Crippen LogP contribution in [0.3, 0.4) is 0 Å². The van der Waals surface area contributed by atoms with Crippen LogP contribution in [0.1, 0.15) is 58.1 Å². The van der Waals surface area contributed by atoms with Crippen molar-refractivity contribution in [2.45, 2.75) is 58.0 Å². The molecule has 0 radical (unpaired) electrons. The van der Waals surface area contributed by atoms with Crippen molar-refractivity contribution in [3.05, 3.63) is 48.4 Å². The third kappa shape index (κ3) is 4.54. The molecular formula is C29H37N5O3. The molecule has 5 rings (SSSR count). The number of aromatic nitrogens is 3. The molecule has 2 aliphatic rings. The summed E-state index contributed by atoms with van der Waals surface area (Å²) in [6.07, 6.45) is 9.81. The van der Waals surface area contributed by atoms with E-state index in [4.69, 9.17) is 15.2 Å². The quantitative estimate of drug-likeness (QED) is 0.462. The number of carbonyl (C=O) groups excluding carboxylic acids is 1. The fourth-order valence-electron chi connectivity index (χ4n) is 6.13. The number of piperidine rings is 1. The number of ether oxygens (including phenoxy) is 2. The minimum Gasteiger partial charge on any atom is -0.497 e. The molecule has 8 nitrogen and oxygen atoms in total. The van der Waals surface area contributed by atoms with Gasteiger partial charge in [0.05, 0.1) is 12.5 Å². The van der Waals surface area contributed by atoms with Crippen molar-refractivity contribution < 1.29 is 14.3 Å². The van der Waals surface area contributed by atoms with Crippen molar-refractivity contribution in [2.24, 2.45) is 12.5 Å². The van der Waals surface area contributed by atoms with E-state index in [1.807, 2.05) is 50.9 Å². The van der Waals surface area contributed by atoms with Crippen LogP contribution in [0.4, 0.5) is 10.6 Å². The average Bonchev–Trinajstić information content (AvgIpc) is 3.17. The molecule has 2 aromatic heterocycles. The Morgan fingerprint density at radius 2 is 2.00 bits per heavy atom. The Kier molecular flexibility index (Phi) is 6.38. The number of allylic oxidation sites excluding steroid dienone is 2. The summed E-state index contributed by atoms with van der Waals surface area (Å²) in [5.74, 6) is 1.27. The summed E-state index contributed by atoms with van der Waals surface area (Å²) >= 11 is 0. The molecule has 0 bridgehead atoms.